The second-order valence-corrected chi connectivity index (χ2v) is 6.79. The van der Waals surface area contributed by atoms with Gasteiger partial charge in [-0.05, 0) is 53.6 Å². The van der Waals surface area contributed by atoms with E-state index in [4.69, 9.17) is 16.1 Å². The van der Waals surface area contributed by atoms with Gasteiger partial charge < -0.3 is 21.4 Å². The number of fused-ring (bicyclic) bond motifs is 1. The summed E-state index contributed by atoms with van der Waals surface area (Å²) in [6.07, 6.45) is 0. The molecule has 4 aromatic rings. The number of para-hydroxylation sites is 2. The van der Waals surface area contributed by atoms with Crippen LogP contribution in [0.2, 0.25) is 0 Å². The Morgan fingerprint density at radius 2 is 1.87 bits per heavy atom. The molecule has 0 saturated carbocycles. The van der Waals surface area contributed by atoms with E-state index in [1.165, 1.54) is 0 Å². The lowest BCUT2D eigenvalue weighted by molar-refractivity contribution is -0.117. The van der Waals surface area contributed by atoms with Crippen LogP contribution >= 0.6 is 0 Å². The zero-order valence-corrected chi connectivity index (χ0v) is 16.1. The van der Waals surface area contributed by atoms with Crippen molar-refractivity contribution in [2.24, 2.45) is 5.73 Å². The number of nitrogens with two attached hydrogens (primary N) is 2. The Kier molecular flexibility index (Phi) is 4.98. The summed E-state index contributed by atoms with van der Waals surface area (Å²) in [7, 11) is 0. The van der Waals surface area contributed by atoms with E-state index in [-0.39, 0.29) is 29.7 Å². The smallest absolute Gasteiger partial charge is 0.240 e. The summed E-state index contributed by atoms with van der Waals surface area (Å²) in [6, 6.07) is 13.4. The lowest BCUT2D eigenvalue weighted by atomic mass is 10.1. The number of benzene rings is 2. The third-order valence-corrected chi connectivity index (χ3v) is 4.57. The molecule has 0 fully saturated rings. The van der Waals surface area contributed by atoms with Crippen molar-refractivity contribution in [2.75, 3.05) is 11.1 Å². The predicted molar refractivity (Wildman–Crippen MR) is 110 cm³/mol. The molecule has 0 aliphatic heterocycles. The van der Waals surface area contributed by atoms with E-state index in [9.17, 15) is 9.59 Å². The molecular weight excluding hydrogens is 386 g/mol. The van der Waals surface area contributed by atoms with Crippen molar-refractivity contribution in [3.05, 3.63) is 54.1 Å². The summed E-state index contributed by atoms with van der Waals surface area (Å²) in [5, 5.41) is 10.1. The topological polar surface area (TPSA) is 155 Å². The van der Waals surface area contributed by atoms with Crippen molar-refractivity contribution in [1.82, 2.24) is 19.9 Å². The molecule has 0 radical (unpaired) electrons. The van der Waals surface area contributed by atoms with Gasteiger partial charge >= 0.3 is 0 Å². The van der Waals surface area contributed by atoms with E-state index in [1.54, 1.807) is 35.8 Å². The molecule has 10 nitrogen and oxygen atoms in total. The molecule has 152 valence electrons. The number of carbonyl (C=O) groups is 2. The molecule has 0 unspecified atom stereocenters. The van der Waals surface area contributed by atoms with Gasteiger partial charge in [0.1, 0.15) is 0 Å². The summed E-state index contributed by atoms with van der Waals surface area (Å²) in [4.78, 5) is 29.2. The Labute approximate surface area is 170 Å². The van der Waals surface area contributed by atoms with Crippen LogP contribution in [0.25, 0.3) is 22.6 Å². The molecule has 1 atom stereocenters. The number of anilines is 2. The lowest BCUT2D eigenvalue weighted by Gasteiger charge is -2.10. The van der Waals surface area contributed by atoms with Gasteiger partial charge in [-0.25, -0.2) is 9.61 Å². The summed E-state index contributed by atoms with van der Waals surface area (Å²) in [6.45, 7) is 1.60. The summed E-state index contributed by atoms with van der Waals surface area (Å²) >= 11 is 0. The minimum Gasteiger partial charge on any atom is -0.379 e. The zero-order chi connectivity index (χ0) is 21.3. The van der Waals surface area contributed by atoms with Crippen LogP contribution in [0, 0.1) is 0 Å². The zero-order valence-electron chi connectivity index (χ0n) is 16.1. The Balaban J connectivity index is 1.63. The quantitative estimate of drug-likeness (QED) is 0.410. The monoisotopic (exact) mass is 405 g/mol. The Hall–Kier alpha value is -4.05. The van der Waals surface area contributed by atoms with Crippen molar-refractivity contribution >= 4 is 34.2 Å². The highest BCUT2D eigenvalue weighted by Crippen LogP contribution is 2.27. The second kappa shape index (κ2) is 7.76. The number of hydrogen-bond donors (Lipinski definition) is 3. The Morgan fingerprint density at radius 3 is 2.53 bits per heavy atom. The minimum absolute atomic E-state index is 0.00763. The van der Waals surface area contributed by atoms with Crippen LogP contribution in [0.4, 0.5) is 11.5 Å². The van der Waals surface area contributed by atoms with Crippen LogP contribution in [0.3, 0.4) is 0 Å². The molecule has 5 N–H and O–H groups in total. The van der Waals surface area contributed by atoms with Crippen LogP contribution in [-0.2, 0) is 11.3 Å². The number of aromatic nitrogens is 4. The standard InChI is InChI=1S/C20H19N7O3/c1-11(21)20(29)23-13-8-6-12(7-9-13)16(28)10-27-15-5-3-2-4-14(15)24-19(27)17-18(22)26-30-25-17/h2-9,11H,10,21H2,1H3,(H2,22,26)(H,23,29)/t11-/m0/s1. The van der Waals surface area contributed by atoms with Gasteiger partial charge in [0.05, 0.1) is 23.6 Å². The van der Waals surface area contributed by atoms with Gasteiger partial charge in [0, 0.05) is 11.3 Å². The molecule has 0 bridgehead atoms. The van der Waals surface area contributed by atoms with Crippen LogP contribution < -0.4 is 16.8 Å². The predicted octanol–water partition coefficient (Wildman–Crippen LogP) is 1.84. The average molecular weight is 405 g/mol. The van der Waals surface area contributed by atoms with Crippen molar-refractivity contribution in [3.63, 3.8) is 0 Å². The number of imidazole rings is 1. The maximum atomic E-state index is 13.0. The first-order valence-corrected chi connectivity index (χ1v) is 9.17. The van der Waals surface area contributed by atoms with Gasteiger partial charge in [-0.2, -0.15) is 0 Å². The van der Waals surface area contributed by atoms with Crippen molar-refractivity contribution in [3.8, 4) is 11.5 Å². The fraction of sp³-hybridized carbons (Fsp3) is 0.150. The molecular formula is C20H19N7O3. The molecule has 1 amide bonds. The van der Waals surface area contributed by atoms with Gasteiger partial charge in [-0.15, -0.1) is 0 Å². The highest BCUT2D eigenvalue weighted by atomic mass is 16.6. The first-order chi connectivity index (χ1) is 14.4. The third-order valence-electron chi connectivity index (χ3n) is 4.57. The van der Waals surface area contributed by atoms with E-state index < -0.39 is 6.04 Å². The van der Waals surface area contributed by atoms with Gasteiger partial charge in [-0.3, -0.25) is 9.59 Å². The lowest BCUT2D eigenvalue weighted by Crippen LogP contribution is -2.32. The maximum absolute atomic E-state index is 13.0. The van der Waals surface area contributed by atoms with Crippen molar-refractivity contribution in [1.29, 1.82) is 0 Å². The van der Waals surface area contributed by atoms with Crippen LogP contribution in [0.5, 0.6) is 0 Å². The van der Waals surface area contributed by atoms with Crippen molar-refractivity contribution in [2.45, 2.75) is 19.5 Å². The number of Topliss-reactive ketones (excluding diaryl/α,β-unsaturated/α-hetero) is 1. The molecule has 0 aliphatic rings. The number of hydrogen-bond acceptors (Lipinski definition) is 8. The minimum atomic E-state index is -0.627. The highest BCUT2D eigenvalue weighted by molar-refractivity contribution is 5.99. The van der Waals surface area contributed by atoms with Gasteiger partial charge in [0.15, 0.2) is 23.1 Å². The fourth-order valence-corrected chi connectivity index (χ4v) is 3.00. The SMILES string of the molecule is C[C@H](N)C(=O)Nc1ccc(C(=O)Cn2c(-c3nonc3N)nc3ccccc32)cc1. The first kappa shape index (κ1) is 19.3. The molecule has 2 heterocycles. The first-order valence-electron chi connectivity index (χ1n) is 9.17. The molecule has 10 heteroatoms. The van der Waals surface area contributed by atoms with Gasteiger partial charge in [0.25, 0.3) is 0 Å². The molecule has 0 aliphatic carbocycles. The molecule has 30 heavy (non-hydrogen) atoms. The molecule has 4 rings (SSSR count). The molecule has 2 aromatic heterocycles. The second-order valence-electron chi connectivity index (χ2n) is 6.79. The Bertz CT molecular complexity index is 1220. The number of amides is 1. The Morgan fingerprint density at radius 1 is 1.13 bits per heavy atom. The fourth-order valence-electron chi connectivity index (χ4n) is 3.00. The number of nitrogens with zero attached hydrogens (tertiary/aromatic N) is 4. The normalized spacial score (nSPS) is 12.1. The highest BCUT2D eigenvalue weighted by Gasteiger charge is 2.21. The summed E-state index contributed by atoms with van der Waals surface area (Å²) in [5.41, 5.74) is 14.1. The number of nitrogens with one attached hydrogen (secondary N) is 1. The largest absolute Gasteiger partial charge is 0.379 e. The van der Waals surface area contributed by atoms with Crippen LogP contribution in [-0.4, -0.2) is 37.6 Å². The van der Waals surface area contributed by atoms with Crippen LogP contribution in [0.15, 0.2) is 53.2 Å². The third kappa shape index (κ3) is 3.63. The molecule has 2 aromatic carbocycles. The van der Waals surface area contributed by atoms with Crippen LogP contribution in [0.1, 0.15) is 17.3 Å². The number of carbonyl (C=O) groups excluding carboxylic acids is 2. The van der Waals surface area contributed by atoms with E-state index >= 15 is 0 Å². The van der Waals surface area contributed by atoms with E-state index in [0.717, 1.165) is 5.52 Å². The summed E-state index contributed by atoms with van der Waals surface area (Å²) in [5.74, 6) is 0.0271. The maximum Gasteiger partial charge on any atom is 0.240 e. The van der Waals surface area contributed by atoms with E-state index in [1.807, 2.05) is 24.3 Å². The molecule has 0 saturated heterocycles. The number of nitrogen functional groups attached to an aromatic ring is 1. The van der Waals surface area contributed by atoms with E-state index in [2.05, 4.69) is 20.6 Å². The summed E-state index contributed by atoms with van der Waals surface area (Å²) < 4.78 is 6.42. The van der Waals surface area contributed by atoms with Gasteiger partial charge in [-0.1, -0.05) is 12.1 Å². The van der Waals surface area contributed by atoms with E-state index in [0.29, 0.717) is 22.6 Å². The van der Waals surface area contributed by atoms with Gasteiger partial charge in [0.2, 0.25) is 5.91 Å². The van der Waals surface area contributed by atoms with Crippen molar-refractivity contribution < 1.29 is 14.2 Å². The number of rotatable bonds is 6. The number of ketones is 1. The molecule has 0 spiro atoms. The average Bonchev–Trinajstić information content (AvgIpc) is 3.31.